The van der Waals surface area contributed by atoms with Crippen LogP contribution in [0.15, 0.2) is 0 Å². The fourth-order valence-electron chi connectivity index (χ4n) is 5.80. The van der Waals surface area contributed by atoms with Crippen molar-refractivity contribution < 1.29 is 9.53 Å². The second kappa shape index (κ2) is 7.68. The van der Waals surface area contributed by atoms with E-state index in [9.17, 15) is 4.79 Å². The van der Waals surface area contributed by atoms with Crippen LogP contribution in [0.3, 0.4) is 0 Å². The number of Topliss-reactive ketones (excluding diaryl/α,β-unsaturated/α-hetero) is 1. The van der Waals surface area contributed by atoms with Gasteiger partial charge >= 0.3 is 0 Å². The van der Waals surface area contributed by atoms with Gasteiger partial charge in [-0.15, -0.1) is 0 Å². The quantitative estimate of drug-likeness (QED) is 0.678. The fraction of sp³-hybridized carbons (Fsp3) is 0.952. The van der Waals surface area contributed by atoms with Crippen molar-refractivity contribution in [1.82, 2.24) is 0 Å². The van der Waals surface area contributed by atoms with Crippen LogP contribution in [0.4, 0.5) is 0 Å². The average molecular weight is 321 g/mol. The molecule has 3 aliphatic rings. The van der Waals surface area contributed by atoms with Gasteiger partial charge in [0.1, 0.15) is 5.78 Å². The first kappa shape index (κ1) is 17.5. The molecule has 3 rings (SSSR count). The topological polar surface area (TPSA) is 26.3 Å². The van der Waals surface area contributed by atoms with Crippen molar-refractivity contribution in [3.8, 4) is 0 Å². The maximum atomic E-state index is 13.2. The number of carbonyl (C=O) groups excluding carboxylic acids is 1. The first-order valence-electron chi connectivity index (χ1n) is 10.2. The van der Waals surface area contributed by atoms with Gasteiger partial charge in [0, 0.05) is 12.3 Å². The smallest absolute Gasteiger partial charge is 0.136 e. The molecule has 5 atom stereocenters. The summed E-state index contributed by atoms with van der Waals surface area (Å²) in [6.07, 6.45) is 12.8. The van der Waals surface area contributed by atoms with Crippen LogP contribution >= 0.6 is 0 Å². The minimum absolute atomic E-state index is 0.314. The summed E-state index contributed by atoms with van der Waals surface area (Å²) in [5.41, 5.74) is 0. The molecule has 0 aromatic rings. The van der Waals surface area contributed by atoms with Crippen LogP contribution in [0.5, 0.6) is 0 Å². The molecule has 0 spiro atoms. The number of hydrogen-bond acceptors (Lipinski definition) is 2. The normalized spacial score (nSPS) is 38.7. The van der Waals surface area contributed by atoms with Crippen LogP contribution < -0.4 is 0 Å². The third-order valence-electron chi connectivity index (χ3n) is 6.57. The lowest BCUT2D eigenvalue weighted by molar-refractivity contribution is -0.178. The summed E-state index contributed by atoms with van der Waals surface area (Å²) in [7, 11) is 0. The van der Waals surface area contributed by atoms with Gasteiger partial charge in [-0.3, -0.25) is 4.79 Å². The van der Waals surface area contributed by atoms with E-state index in [0.717, 1.165) is 6.42 Å². The summed E-state index contributed by atoms with van der Waals surface area (Å²) >= 11 is 0. The predicted molar refractivity (Wildman–Crippen MR) is 94.3 cm³/mol. The van der Waals surface area contributed by atoms with E-state index in [4.69, 9.17) is 4.74 Å². The Morgan fingerprint density at radius 2 is 1.43 bits per heavy atom. The van der Waals surface area contributed by atoms with Crippen LogP contribution in [0, 0.1) is 29.6 Å². The van der Waals surface area contributed by atoms with Gasteiger partial charge in [-0.1, -0.05) is 46.5 Å². The van der Waals surface area contributed by atoms with Crippen LogP contribution in [0.2, 0.25) is 0 Å². The second-order valence-corrected chi connectivity index (χ2v) is 9.04. The highest BCUT2D eigenvalue weighted by molar-refractivity contribution is 5.82. The molecule has 1 heterocycles. The van der Waals surface area contributed by atoms with Crippen molar-refractivity contribution in [1.29, 1.82) is 0 Å². The van der Waals surface area contributed by atoms with Gasteiger partial charge < -0.3 is 4.74 Å². The maximum absolute atomic E-state index is 13.2. The maximum Gasteiger partial charge on any atom is 0.136 e. The van der Waals surface area contributed by atoms with E-state index in [-0.39, 0.29) is 0 Å². The number of rotatable bonds is 5. The van der Waals surface area contributed by atoms with E-state index in [2.05, 4.69) is 20.8 Å². The summed E-state index contributed by atoms with van der Waals surface area (Å²) in [4.78, 5) is 13.2. The molecule has 0 N–H and O–H groups in total. The molecular formula is C21H36O2. The van der Waals surface area contributed by atoms with Crippen LogP contribution in [0.1, 0.15) is 85.0 Å². The Bertz CT molecular complexity index is 381. The molecule has 0 radical (unpaired) electrons. The van der Waals surface area contributed by atoms with Crippen molar-refractivity contribution in [2.24, 2.45) is 29.6 Å². The Hall–Kier alpha value is -0.370. The zero-order valence-electron chi connectivity index (χ0n) is 15.4. The highest BCUT2D eigenvalue weighted by Crippen LogP contribution is 2.48. The summed E-state index contributed by atoms with van der Waals surface area (Å²) in [5.74, 6) is 3.18. The molecule has 2 nitrogen and oxygen atoms in total. The molecule has 2 aliphatic carbocycles. The van der Waals surface area contributed by atoms with Crippen LogP contribution in [0.25, 0.3) is 0 Å². The zero-order valence-corrected chi connectivity index (χ0v) is 15.4. The molecule has 2 saturated carbocycles. The van der Waals surface area contributed by atoms with Gasteiger partial charge in [0.05, 0.1) is 12.2 Å². The standard InChI is InChI=1S/C21H36O2/c1-14(2)12-15(3)13-18(22)21-16-8-4-6-10-19(16)23-20-11-7-5-9-17(20)21/h14-17,19-21H,4-13H2,1-3H3. The molecule has 0 bridgehead atoms. The lowest BCUT2D eigenvalue weighted by atomic mass is 9.63. The molecule has 1 saturated heterocycles. The Balaban J connectivity index is 1.73. The highest BCUT2D eigenvalue weighted by atomic mass is 16.5. The lowest BCUT2D eigenvalue weighted by Gasteiger charge is -2.50. The van der Waals surface area contributed by atoms with Crippen molar-refractivity contribution >= 4 is 5.78 Å². The molecular weight excluding hydrogens is 284 g/mol. The molecule has 0 amide bonds. The van der Waals surface area contributed by atoms with E-state index in [1.807, 2.05) is 0 Å². The van der Waals surface area contributed by atoms with E-state index >= 15 is 0 Å². The minimum Gasteiger partial charge on any atom is -0.374 e. The van der Waals surface area contributed by atoms with Crippen molar-refractivity contribution in [2.45, 2.75) is 97.2 Å². The first-order chi connectivity index (χ1) is 11.1. The van der Waals surface area contributed by atoms with Gasteiger partial charge in [0.25, 0.3) is 0 Å². The van der Waals surface area contributed by atoms with Gasteiger partial charge in [0.2, 0.25) is 0 Å². The number of hydrogen-bond donors (Lipinski definition) is 0. The van der Waals surface area contributed by atoms with Gasteiger partial charge in [-0.05, 0) is 55.8 Å². The van der Waals surface area contributed by atoms with E-state index < -0.39 is 0 Å². The Labute approximate surface area is 142 Å². The summed E-state index contributed by atoms with van der Waals surface area (Å²) in [5, 5.41) is 0. The van der Waals surface area contributed by atoms with Gasteiger partial charge in [-0.25, -0.2) is 0 Å². The third kappa shape index (κ3) is 4.00. The number of fused-ring (bicyclic) bond motifs is 2. The molecule has 3 fully saturated rings. The minimum atomic E-state index is 0.314. The first-order valence-corrected chi connectivity index (χ1v) is 10.2. The average Bonchev–Trinajstić information content (AvgIpc) is 2.51. The summed E-state index contributed by atoms with van der Waals surface area (Å²) in [6.45, 7) is 6.81. The predicted octanol–water partition coefficient (Wildman–Crippen LogP) is 5.39. The van der Waals surface area contributed by atoms with Gasteiger partial charge in [-0.2, -0.15) is 0 Å². The molecule has 132 valence electrons. The van der Waals surface area contributed by atoms with Crippen molar-refractivity contribution in [3.05, 3.63) is 0 Å². The monoisotopic (exact) mass is 320 g/mol. The third-order valence-corrected chi connectivity index (χ3v) is 6.57. The zero-order chi connectivity index (χ0) is 16.4. The fourth-order valence-corrected chi connectivity index (χ4v) is 5.80. The highest BCUT2D eigenvalue weighted by Gasteiger charge is 2.49. The Morgan fingerprint density at radius 3 is 1.96 bits per heavy atom. The Morgan fingerprint density at radius 1 is 0.913 bits per heavy atom. The molecule has 23 heavy (non-hydrogen) atoms. The molecule has 0 aromatic heterocycles. The number of ketones is 1. The van der Waals surface area contributed by atoms with Crippen LogP contribution in [-0.2, 0) is 9.53 Å². The van der Waals surface area contributed by atoms with E-state index in [0.29, 0.717) is 47.6 Å². The molecule has 1 aliphatic heterocycles. The molecule has 5 unspecified atom stereocenters. The molecule has 0 aromatic carbocycles. The van der Waals surface area contributed by atoms with E-state index in [1.54, 1.807) is 0 Å². The molecule has 2 heteroatoms. The van der Waals surface area contributed by atoms with E-state index in [1.165, 1.54) is 57.8 Å². The SMILES string of the molecule is CC(C)CC(C)CC(=O)C1C2CCCCC2OC2CCCCC21. The second-order valence-electron chi connectivity index (χ2n) is 9.04. The van der Waals surface area contributed by atoms with Crippen molar-refractivity contribution in [3.63, 3.8) is 0 Å². The van der Waals surface area contributed by atoms with Gasteiger partial charge in [0.15, 0.2) is 0 Å². The number of ether oxygens (including phenoxy) is 1. The Kier molecular flexibility index (Phi) is 5.82. The van der Waals surface area contributed by atoms with Crippen LogP contribution in [-0.4, -0.2) is 18.0 Å². The lowest BCUT2D eigenvalue weighted by Crippen LogP contribution is -2.52. The number of carbonyl (C=O) groups is 1. The van der Waals surface area contributed by atoms with Crippen molar-refractivity contribution in [2.75, 3.05) is 0 Å². The largest absolute Gasteiger partial charge is 0.374 e. The summed E-state index contributed by atoms with van der Waals surface area (Å²) in [6, 6.07) is 0. The summed E-state index contributed by atoms with van der Waals surface area (Å²) < 4.78 is 6.49.